The summed E-state index contributed by atoms with van der Waals surface area (Å²) in [6.45, 7) is 9.10. The summed E-state index contributed by atoms with van der Waals surface area (Å²) in [5, 5.41) is 10.5. The molecule has 1 N–H and O–H groups in total. The van der Waals surface area contributed by atoms with E-state index in [4.69, 9.17) is 18.9 Å². The highest BCUT2D eigenvalue weighted by Gasteiger charge is 2.62. The monoisotopic (exact) mass is 302 g/mol. The fraction of sp³-hybridized carbons (Fsp3) is 1.00. The molecule has 21 heavy (non-hydrogen) atoms. The molecular formula is C16H30O5. The molecule has 1 aliphatic carbocycles. The van der Waals surface area contributed by atoms with E-state index in [1.165, 1.54) is 0 Å². The molecule has 0 spiro atoms. The molecule has 1 saturated carbocycles. The predicted octanol–water partition coefficient (Wildman–Crippen LogP) is 2.03. The van der Waals surface area contributed by atoms with E-state index < -0.39 is 5.79 Å². The molecule has 2 fully saturated rings. The highest BCUT2D eigenvalue weighted by atomic mass is 16.7. The minimum atomic E-state index is -0.659. The Kier molecular flexibility index (Phi) is 5.01. The van der Waals surface area contributed by atoms with Crippen LogP contribution in [0.5, 0.6) is 0 Å². The van der Waals surface area contributed by atoms with Gasteiger partial charge in [0.1, 0.15) is 6.79 Å². The van der Waals surface area contributed by atoms with Gasteiger partial charge in [-0.25, -0.2) is 0 Å². The normalized spacial score (nSPS) is 50.7. The van der Waals surface area contributed by atoms with Crippen molar-refractivity contribution in [1.82, 2.24) is 0 Å². The smallest absolute Gasteiger partial charge is 0.170 e. The third kappa shape index (κ3) is 2.63. The van der Waals surface area contributed by atoms with Gasteiger partial charge in [0.15, 0.2) is 5.79 Å². The SMILES string of the molecule is COCO[C@@H]1CO[C@](C)(OC)[C@]2(C)C[C@H](C)[C@@H](O)[C@H](C)[C@@H]12. The molecule has 1 heterocycles. The van der Waals surface area contributed by atoms with Crippen LogP contribution in [0.3, 0.4) is 0 Å². The molecule has 0 aromatic heterocycles. The molecule has 0 aromatic carbocycles. The molecule has 2 aliphatic rings. The molecule has 5 nitrogen and oxygen atoms in total. The molecule has 7 atom stereocenters. The van der Waals surface area contributed by atoms with Crippen LogP contribution in [0.15, 0.2) is 0 Å². The Morgan fingerprint density at radius 2 is 1.90 bits per heavy atom. The van der Waals surface area contributed by atoms with Crippen molar-refractivity contribution >= 4 is 0 Å². The second-order valence-corrected chi connectivity index (χ2v) is 7.05. The average Bonchev–Trinajstić information content (AvgIpc) is 2.45. The van der Waals surface area contributed by atoms with E-state index in [9.17, 15) is 5.11 Å². The first-order valence-corrected chi connectivity index (χ1v) is 7.78. The first-order valence-electron chi connectivity index (χ1n) is 7.78. The fourth-order valence-electron chi connectivity index (χ4n) is 4.58. The Morgan fingerprint density at radius 3 is 2.48 bits per heavy atom. The first-order chi connectivity index (χ1) is 9.80. The van der Waals surface area contributed by atoms with Crippen molar-refractivity contribution in [2.24, 2.45) is 23.2 Å². The minimum Gasteiger partial charge on any atom is -0.393 e. The zero-order valence-electron chi connectivity index (χ0n) is 14.1. The molecule has 0 amide bonds. The largest absolute Gasteiger partial charge is 0.393 e. The summed E-state index contributed by atoms with van der Waals surface area (Å²) in [6, 6.07) is 0. The van der Waals surface area contributed by atoms with Crippen LogP contribution in [0.2, 0.25) is 0 Å². The number of aliphatic hydroxyl groups excluding tert-OH is 1. The standard InChI is InChI=1S/C16H30O5/c1-10-7-15(3)13(11(2)14(10)17)12(20-9-18-5)8-21-16(15,4)19-6/h10-14,17H,7-9H2,1-6H3/t10-,11+,12+,13-,14+,15+,16-/m0/s1. The van der Waals surface area contributed by atoms with E-state index in [0.717, 1.165) is 6.42 Å². The Balaban J connectivity index is 2.35. The summed E-state index contributed by atoms with van der Waals surface area (Å²) in [7, 11) is 3.31. The van der Waals surface area contributed by atoms with Crippen LogP contribution in [0.4, 0.5) is 0 Å². The predicted molar refractivity (Wildman–Crippen MR) is 78.7 cm³/mol. The van der Waals surface area contributed by atoms with Gasteiger partial charge in [0.05, 0.1) is 18.8 Å². The zero-order valence-corrected chi connectivity index (χ0v) is 14.1. The Labute approximate surface area is 127 Å². The van der Waals surface area contributed by atoms with Gasteiger partial charge in [0.25, 0.3) is 0 Å². The average molecular weight is 302 g/mol. The van der Waals surface area contributed by atoms with Crippen molar-refractivity contribution < 1.29 is 24.1 Å². The summed E-state index contributed by atoms with van der Waals surface area (Å²) in [5.41, 5.74) is -0.212. The van der Waals surface area contributed by atoms with Crippen molar-refractivity contribution in [3.05, 3.63) is 0 Å². The zero-order chi connectivity index (χ0) is 15.8. The van der Waals surface area contributed by atoms with Crippen molar-refractivity contribution in [2.75, 3.05) is 27.6 Å². The summed E-state index contributed by atoms with van der Waals surface area (Å²) in [6.07, 6.45) is 0.437. The summed E-state index contributed by atoms with van der Waals surface area (Å²) in [4.78, 5) is 0. The lowest BCUT2D eigenvalue weighted by Gasteiger charge is -2.61. The lowest BCUT2D eigenvalue weighted by Crippen LogP contribution is -2.66. The van der Waals surface area contributed by atoms with Crippen molar-refractivity contribution in [2.45, 2.75) is 52.1 Å². The third-order valence-corrected chi connectivity index (χ3v) is 5.92. The molecule has 1 saturated heterocycles. The number of hydrogen-bond donors (Lipinski definition) is 1. The molecule has 2 rings (SSSR count). The van der Waals surface area contributed by atoms with Gasteiger partial charge in [-0.15, -0.1) is 0 Å². The maximum Gasteiger partial charge on any atom is 0.170 e. The van der Waals surface area contributed by atoms with Crippen LogP contribution in [0, 0.1) is 23.2 Å². The minimum absolute atomic E-state index is 0.0877. The number of hydrogen-bond acceptors (Lipinski definition) is 5. The molecule has 0 bridgehead atoms. The van der Waals surface area contributed by atoms with Crippen LogP contribution < -0.4 is 0 Å². The molecular weight excluding hydrogens is 272 g/mol. The van der Waals surface area contributed by atoms with Crippen molar-refractivity contribution in [3.8, 4) is 0 Å². The van der Waals surface area contributed by atoms with Crippen LogP contribution in [-0.4, -0.2) is 50.7 Å². The summed E-state index contributed by atoms with van der Waals surface area (Å²) >= 11 is 0. The van der Waals surface area contributed by atoms with Crippen LogP contribution in [-0.2, 0) is 18.9 Å². The molecule has 0 radical (unpaired) electrons. The fourth-order valence-corrected chi connectivity index (χ4v) is 4.58. The first kappa shape index (κ1) is 17.2. The van der Waals surface area contributed by atoms with Gasteiger partial charge in [-0.2, -0.15) is 0 Å². The highest BCUT2D eigenvalue weighted by Crippen LogP contribution is 2.58. The third-order valence-electron chi connectivity index (χ3n) is 5.92. The van der Waals surface area contributed by atoms with Gasteiger partial charge in [-0.3, -0.25) is 0 Å². The van der Waals surface area contributed by atoms with Crippen molar-refractivity contribution in [1.29, 1.82) is 0 Å². The van der Waals surface area contributed by atoms with Gasteiger partial charge in [0, 0.05) is 25.6 Å². The van der Waals surface area contributed by atoms with E-state index in [-0.39, 0.29) is 42.2 Å². The molecule has 124 valence electrons. The van der Waals surface area contributed by atoms with Gasteiger partial charge in [0.2, 0.25) is 0 Å². The highest BCUT2D eigenvalue weighted by molar-refractivity contribution is 5.07. The molecule has 0 unspecified atom stereocenters. The van der Waals surface area contributed by atoms with Gasteiger partial charge >= 0.3 is 0 Å². The van der Waals surface area contributed by atoms with Crippen molar-refractivity contribution in [3.63, 3.8) is 0 Å². The van der Waals surface area contributed by atoms with E-state index >= 15 is 0 Å². The Morgan fingerprint density at radius 1 is 1.24 bits per heavy atom. The second-order valence-electron chi connectivity index (χ2n) is 7.05. The number of aliphatic hydroxyl groups is 1. The van der Waals surface area contributed by atoms with Gasteiger partial charge < -0.3 is 24.1 Å². The van der Waals surface area contributed by atoms with Crippen LogP contribution >= 0.6 is 0 Å². The van der Waals surface area contributed by atoms with Crippen LogP contribution in [0.25, 0.3) is 0 Å². The number of fused-ring (bicyclic) bond motifs is 1. The topological polar surface area (TPSA) is 57.2 Å². The van der Waals surface area contributed by atoms with E-state index in [0.29, 0.717) is 6.61 Å². The van der Waals surface area contributed by atoms with Gasteiger partial charge in [-0.1, -0.05) is 20.8 Å². The maximum atomic E-state index is 10.5. The van der Waals surface area contributed by atoms with Crippen LogP contribution in [0.1, 0.15) is 34.1 Å². The number of rotatable bonds is 4. The molecule has 5 heteroatoms. The lowest BCUT2D eigenvalue weighted by atomic mass is 9.53. The number of methoxy groups -OCH3 is 2. The Hall–Kier alpha value is -0.200. The quantitative estimate of drug-likeness (QED) is 0.805. The van der Waals surface area contributed by atoms with E-state index in [1.54, 1.807) is 14.2 Å². The second kappa shape index (κ2) is 6.13. The summed E-state index contributed by atoms with van der Waals surface area (Å²) < 4.78 is 22.7. The molecule has 1 aliphatic heterocycles. The van der Waals surface area contributed by atoms with Gasteiger partial charge in [-0.05, 0) is 25.2 Å². The number of ether oxygens (including phenoxy) is 4. The Bertz CT molecular complexity index is 363. The molecule has 0 aromatic rings. The lowest BCUT2D eigenvalue weighted by molar-refractivity contribution is -0.361. The van der Waals surface area contributed by atoms with E-state index in [2.05, 4.69) is 20.8 Å². The van der Waals surface area contributed by atoms with E-state index in [1.807, 2.05) is 6.92 Å². The maximum absolute atomic E-state index is 10.5. The summed E-state index contributed by atoms with van der Waals surface area (Å²) in [5.74, 6) is -0.162.